The van der Waals surface area contributed by atoms with Gasteiger partial charge in [0.1, 0.15) is 0 Å². The fourth-order valence-electron chi connectivity index (χ4n) is 13.8. The molecule has 13 aromatic carbocycles. The van der Waals surface area contributed by atoms with Crippen LogP contribution in [0.1, 0.15) is 11.1 Å². The van der Waals surface area contributed by atoms with Crippen molar-refractivity contribution < 1.29 is 0 Å². The number of nitriles is 2. The highest BCUT2D eigenvalue weighted by Crippen LogP contribution is 2.49. The van der Waals surface area contributed by atoms with E-state index in [-0.39, 0.29) is 0 Å². The maximum absolute atomic E-state index is 10.2. The molecule has 0 aliphatic rings. The summed E-state index contributed by atoms with van der Waals surface area (Å²) in [6, 6.07) is 114. The molecule has 0 saturated carbocycles. The van der Waals surface area contributed by atoms with E-state index in [2.05, 4.69) is 287 Å². The molecule has 0 bridgehead atoms. The lowest BCUT2D eigenvalue weighted by Crippen LogP contribution is -2.06. The average molecular weight is 1160 g/mol. The van der Waals surface area contributed by atoms with Crippen LogP contribution >= 0.6 is 0 Å². The van der Waals surface area contributed by atoms with Gasteiger partial charge in [-0.3, -0.25) is 0 Å². The summed E-state index contributed by atoms with van der Waals surface area (Å²) in [6.07, 6.45) is 0. The third kappa shape index (κ3) is 8.80. The van der Waals surface area contributed by atoms with E-state index in [4.69, 9.17) is 9.97 Å². The van der Waals surface area contributed by atoms with Gasteiger partial charge in [-0.1, -0.05) is 206 Å². The first-order valence-corrected chi connectivity index (χ1v) is 30.5. The van der Waals surface area contributed by atoms with Crippen LogP contribution in [0, 0.1) is 22.7 Å². The van der Waals surface area contributed by atoms with E-state index in [9.17, 15) is 10.5 Å². The molecule has 0 amide bonds. The third-order valence-electron chi connectivity index (χ3n) is 17.9. The standard InChI is InChI=1S/C84H51N7/c85-52-54-21-19-27-58(45-54)60-41-43-81-69(47-60)70-48-61(59-28-20-22-55(46-59)53-86)42-44-82(70)91(81)83-71(67-33-11-17-39-79(67)89-75-35-13-7-29-63(75)64-30-8-14-36-76(64)89)49-62(84-87-73(56-23-3-1-4-24-56)51-74(88-84)57-25-5-2-6-26-57)50-72(83)68-34-12-18-40-80(68)90-77-37-15-9-31-65(77)66-32-10-16-38-78(66)90/h1-51H. The molecular formula is C84H51N7. The second-order valence-electron chi connectivity index (χ2n) is 23.1. The van der Waals surface area contributed by atoms with Crippen LogP contribution in [0.4, 0.5) is 0 Å². The third-order valence-corrected chi connectivity index (χ3v) is 17.9. The van der Waals surface area contributed by atoms with E-state index in [0.29, 0.717) is 17.0 Å². The molecule has 0 aliphatic heterocycles. The Labute approximate surface area is 524 Å². The molecule has 0 atom stereocenters. The molecule has 0 radical (unpaired) electrons. The molecule has 7 heteroatoms. The van der Waals surface area contributed by atoms with Crippen LogP contribution in [-0.4, -0.2) is 23.7 Å². The Morgan fingerprint density at radius 1 is 0.242 bits per heavy atom. The van der Waals surface area contributed by atoms with E-state index in [0.717, 1.165) is 155 Å². The van der Waals surface area contributed by atoms with Gasteiger partial charge in [0.05, 0.1) is 84.8 Å². The minimum atomic E-state index is 0.577. The quantitative estimate of drug-likeness (QED) is 0.136. The van der Waals surface area contributed by atoms with Gasteiger partial charge in [0.2, 0.25) is 0 Å². The van der Waals surface area contributed by atoms with E-state index < -0.39 is 0 Å². The summed E-state index contributed by atoms with van der Waals surface area (Å²) < 4.78 is 7.33. The van der Waals surface area contributed by atoms with Gasteiger partial charge in [-0.15, -0.1) is 0 Å². The summed E-state index contributed by atoms with van der Waals surface area (Å²) in [6.45, 7) is 0. The van der Waals surface area contributed by atoms with E-state index >= 15 is 0 Å². The Morgan fingerprint density at radius 3 is 1.01 bits per heavy atom. The molecule has 0 N–H and O–H groups in total. The highest BCUT2D eigenvalue weighted by molar-refractivity contribution is 6.15. The minimum absolute atomic E-state index is 0.577. The highest BCUT2D eigenvalue weighted by Gasteiger charge is 2.28. The molecule has 91 heavy (non-hydrogen) atoms. The number of hydrogen-bond acceptors (Lipinski definition) is 4. The Bertz CT molecular complexity index is 5420. The van der Waals surface area contributed by atoms with Crippen molar-refractivity contribution in [2.45, 2.75) is 0 Å². The normalized spacial score (nSPS) is 11.5. The number of para-hydroxylation sites is 6. The maximum Gasteiger partial charge on any atom is 0.160 e. The van der Waals surface area contributed by atoms with Crippen LogP contribution in [0.5, 0.6) is 0 Å². The average Bonchev–Trinajstić information content (AvgIpc) is 1.64. The van der Waals surface area contributed by atoms with Gasteiger partial charge in [0.25, 0.3) is 0 Å². The molecule has 0 aliphatic carbocycles. The zero-order valence-electron chi connectivity index (χ0n) is 49.1. The first kappa shape index (κ1) is 52.6. The zero-order chi connectivity index (χ0) is 60.5. The van der Waals surface area contributed by atoms with Crippen molar-refractivity contribution in [2.24, 2.45) is 0 Å². The van der Waals surface area contributed by atoms with E-state index in [1.807, 2.05) is 48.5 Å². The predicted molar refractivity (Wildman–Crippen MR) is 373 cm³/mol. The number of fused-ring (bicyclic) bond motifs is 9. The Kier molecular flexibility index (Phi) is 12.5. The summed E-state index contributed by atoms with van der Waals surface area (Å²) in [5, 5.41) is 27.0. The van der Waals surface area contributed by atoms with Gasteiger partial charge in [-0.05, 0) is 125 Å². The van der Waals surface area contributed by atoms with Crippen molar-refractivity contribution in [1.29, 1.82) is 10.5 Å². The molecule has 0 spiro atoms. The molecule has 422 valence electrons. The van der Waals surface area contributed by atoms with Crippen molar-refractivity contribution in [1.82, 2.24) is 23.7 Å². The Hall–Kier alpha value is -12.7. The van der Waals surface area contributed by atoms with Gasteiger partial charge >= 0.3 is 0 Å². The molecular weight excluding hydrogens is 1110 g/mol. The Balaban J connectivity index is 1.06. The van der Waals surface area contributed by atoms with Crippen LogP contribution in [0.25, 0.3) is 161 Å². The van der Waals surface area contributed by atoms with Crippen molar-refractivity contribution >= 4 is 65.4 Å². The molecule has 17 rings (SSSR count). The summed E-state index contributed by atoms with van der Waals surface area (Å²) in [4.78, 5) is 11.2. The fourth-order valence-corrected chi connectivity index (χ4v) is 13.8. The molecule has 0 unspecified atom stereocenters. The monoisotopic (exact) mass is 1160 g/mol. The van der Waals surface area contributed by atoms with Crippen LogP contribution in [0.2, 0.25) is 0 Å². The van der Waals surface area contributed by atoms with E-state index in [1.54, 1.807) is 0 Å². The number of hydrogen-bond donors (Lipinski definition) is 0. The number of rotatable bonds is 10. The molecule has 17 aromatic rings. The first-order chi connectivity index (χ1) is 45.0. The predicted octanol–water partition coefficient (Wildman–Crippen LogP) is 21.2. The molecule has 0 fully saturated rings. The summed E-state index contributed by atoms with van der Waals surface area (Å²) in [5.74, 6) is 0.577. The van der Waals surface area contributed by atoms with Crippen LogP contribution < -0.4 is 0 Å². The van der Waals surface area contributed by atoms with Gasteiger partial charge in [-0.25, -0.2) is 9.97 Å². The summed E-state index contributed by atoms with van der Waals surface area (Å²) in [7, 11) is 0. The number of nitrogens with zero attached hydrogens (tertiary/aromatic N) is 7. The molecule has 4 heterocycles. The Morgan fingerprint density at radius 2 is 0.593 bits per heavy atom. The fraction of sp³-hybridized carbons (Fsp3) is 0. The van der Waals surface area contributed by atoms with Crippen molar-refractivity contribution in [2.75, 3.05) is 0 Å². The maximum atomic E-state index is 10.2. The minimum Gasteiger partial charge on any atom is -0.309 e. The largest absolute Gasteiger partial charge is 0.309 e. The van der Waals surface area contributed by atoms with Crippen molar-refractivity contribution in [3.05, 3.63) is 321 Å². The van der Waals surface area contributed by atoms with E-state index in [1.165, 1.54) is 0 Å². The first-order valence-electron chi connectivity index (χ1n) is 30.5. The molecule has 0 saturated heterocycles. The van der Waals surface area contributed by atoms with Gasteiger partial charge in [0.15, 0.2) is 5.82 Å². The SMILES string of the molecule is N#Cc1cccc(-c2ccc3c(c2)c2cc(-c4cccc(C#N)c4)ccc2n3-c2c(-c3ccccc3-n3c4ccccc4c4ccccc43)cc(-c3nc(-c4ccccc4)cc(-c4ccccc4)n3)cc2-c2ccccc2-n2c3ccccc3c3ccccc32)c1. The second kappa shape index (κ2) is 21.6. The topological polar surface area (TPSA) is 88.2 Å². The highest BCUT2D eigenvalue weighted by atomic mass is 15.0. The smallest absolute Gasteiger partial charge is 0.160 e. The zero-order valence-corrected chi connectivity index (χ0v) is 49.1. The van der Waals surface area contributed by atoms with Gasteiger partial charge in [0, 0.05) is 71.3 Å². The summed E-state index contributed by atoms with van der Waals surface area (Å²) >= 11 is 0. The number of aromatic nitrogens is 5. The lowest BCUT2D eigenvalue weighted by atomic mass is 9.90. The number of benzene rings is 13. The lowest BCUT2D eigenvalue weighted by Gasteiger charge is -2.24. The van der Waals surface area contributed by atoms with Gasteiger partial charge in [-0.2, -0.15) is 10.5 Å². The van der Waals surface area contributed by atoms with Crippen molar-refractivity contribution in [3.8, 4) is 108 Å². The lowest BCUT2D eigenvalue weighted by molar-refractivity contribution is 1.15. The molecule has 7 nitrogen and oxygen atoms in total. The van der Waals surface area contributed by atoms with Gasteiger partial charge < -0.3 is 13.7 Å². The summed E-state index contributed by atoms with van der Waals surface area (Å²) in [5.41, 5.74) is 22.6. The van der Waals surface area contributed by atoms with Crippen molar-refractivity contribution in [3.63, 3.8) is 0 Å². The van der Waals surface area contributed by atoms with Crippen LogP contribution in [0.3, 0.4) is 0 Å². The second-order valence-corrected chi connectivity index (χ2v) is 23.1. The molecule has 4 aromatic heterocycles. The van der Waals surface area contributed by atoms with Crippen LogP contribution in [-0.2, 0) is 0 Å². The van der Waals surface area contributed by atoms with Crippen LogP contribution in [0.15, 0.2) is 309 Å².